The number of benzene rings is 1. The molecule has 22 heavy (non-hydrogen) atoms. The second-order valence-corrected chi connectivity index (χ2v) is 6.13. The van der Waals surface area contributed by atoms with Gasteiger partial charge in [0.1, 0.15) is 5.75 Å². The fraction of sp³-hybridized carbons (Fsp3) is 0.389. The highest BCUT2D eigenvalue weighted by Crippen LogP contribution is 2.40. The zero-order chi connectivity index (χ0) is 14.2. The van der Waals surface area contributed by atoms with E-state index in [0.717, 1.165) is 11.8 Å². The molecule has 0 radical (unpaired) electrons. The lowest BCUT2D eigenvalue weighted by molar-refractivity contribution is 0.415. The third kappa shape index (κ3) is 2.71. The molecule has 3 heterocycles. The van der Waals surface area contributed by atoms with E-state index in [1.54, 1.807) is 7.11 Å². The van der Waals surface area contributed by atoms with Gasteiger partial charge >= 0.3 is 0 Å². The summed E-state index contributed by atoms with van der Waals surface area (Å²) >= 11 is 0. The summed E-state index contributed by atoms with van der Waals surface area (Å²) in [4.78, 5) is 4.48. The average Bonchev–Trinajstić information content (AvgIpc) is 3.18. The van der Waals surface area contributed by atoms with E-state index in [2.05, 4.69) is 28.5 Å². The van der Waals surface area contributed by atoms with Gasteiger partial charge in [0.2, 0.25) is 0 Å². The molecule has 1 aromatic carbocycles. The maximum atomic E-state index is 5.32. The minimum Gasteiger partial charge on any atom is -0.497 e. The molecule has 3 nitrogen and oxygen atoms in total. The molecule has 2 saturated heterocycles. The number of hydrogen-bond donors (Lipinski definition) is 1. The molecule has 0 spiro atoms. The van der Waals surface area contributed by atoms with Crippen molar-refractivity contribution in [2.24, 2.45) is 0 Å². The molecule has 3 atom stereocenters. The van der Waals surface area contributed by atoms with Gasteiger partial charge < -0.3 is 10.1 Å². The summed E-state index contributed by atoms with van der Waals surface area (Å²) in [5.41, 5.74) is 3.71. The smallest absolute Gasteiger partial charge is 0.119 e. The summed E-state index contributed by atoms with van der Waals surface area (Å²) in [5.74, 6) is 1.52. The molecule has 4 rings (SSSR count). The van der Waals surface area contributed by atoms with E-state index < -0.39 is 0 Å². The van der Waals surface area contributed by atoms with Crippen LogP contribution in [-0.2, 0) is 0 Å². The van der Waals surface area contributed by atoms with Gasteiger partial charge in [0.25, 0.3) is 0 Å². The van der Waals surface area contributed by atoms with Gasteiger partial charge in [-0.1, -0.05) is 12.1 Å². The number of hydrogen-bond acceptors (Lipinski definition) is 3. The van der Waals surface area contributed by atoms with Crippen molar-refractivity contribution in [1.29, 1.82) is 0 Å². The average molecular weight is 317 g/mol. The third-order valence-corrected chi connectivity index (χ3v) is 4.89. The monoisotopic (exact) mass is 316 g/mol. The first-order chi connectivity index (χ1) is 10.3. The standard InChI is InChI=1S/C18H20N2O.ClH/c1-21-16-4-2-3-12(8-16)13-7-14(11-19-10-13)17-9-15-5-6-18(17)20-15;/h2-4,7-8,10-11,15,17-18,20H,5-6,9H2,1H3;1H. The molecular weight excluding hydrogens is 296 g/mol. The van der Waals surface area contributed by atoms with Gasteiger partial charge in [-0.25, -0.2) is 0 Å². The third-order valence-electron chi connectivity index (χ3n) is 4.89. The van der Waals surface area contributed by atoms with Crippen molar-refractivity contribution < 1.29 is 4.74 Å². The second-order valence-electron chi connectivity index (χ2n) is 6.13. The fourth-order valence-corrected chi connectivity index (χ4v) is 3.81. The number of rotatable bonds is 3. The van der Waals surface area contributed by atoms with Crippen LogP contribution in [0.2, 0.25) is 0 Å². The van der Waals surface area contributed by atoms with Gasteiger partial charge in [0, 0.05) is 36.0 Å². The number of methoxy groups -OCH3 is 1. The highest BCUT2D eigenvalue weighted by atomic mass is 35.5. The zero-order valence-corrected chi connectivity index (χ0v) is 13.5. The quantitative estimate of drug-likeness (QED) is 0.935. The van der Waals surface area contributed by atoms with E-state index in [1.807, 2.05) is 24.5 Å². The van der Waals surface area contributed by atoms with Gasteiger partial charge in [-0.3, -0.25) is 4.98 Å². The molecule has 1 aromatic heterocycles. The van der Waals surface area contributed by atoms with Gasteiger partial charge in [-0.05, 0) is 48.6 Å². The Morgan fingerprint density at radius 1 is 1.14 bits per heavy atom. The predicted octanol–water partition coefficient (Wildman–Crippen LogP) is 3.79. The van der Waals surface area contributed by atoms with Crippen molar-refractivity contribution >= 4 is 12.4 Å². The maximum absolute atomic E-state index is 5.32. The Labute approximate surface area is 137 Å². The van der Waals surface area contributed by atoms with Crippen LogP contribution < -0.4 is 10.1 Å². The Morgan fingerprint density at radius 3 is 2.77 bits per heavy atom. The predicted molar refractivity (Wildman–Crippen MR) is 90.8 cm³/mol. The van der Waals surface area contributed by atoms with Gasteiger partial charge in [0.15, 0.2) is 0 Å². The molecule has 116 valence electrons. The Hall–Kier alpha value is -1.58. The first-order valence-electron chi connectivity index (χ1n) is 7.69. The molecule has 0 saturated carbocycles. The van der Waals surface area contributed by atoms with E-state index in [4.69, 9.17) is 4.74 Å². The van der Waals surface area contributed by atoms with E-state index in [0.29, 0.717) is 12.0 Å². The molecule has 2 bridgehead atoms. The molecule has 3 unspecified atom stereocenters. The number of fused-ring (bicyclic) bond motifs is 2. The number of halogens is 1. The van der Waals surface area contributed by atoms with Crippen molar-refractivity contribution in [3.8, 4) is 16.9 Å². The molecule has 1 N–H and O–H groups in total. The number of nitrogens with zero attached hydrogens (tertiary/aromatic N) is 1. The lowest BCUT2D eigenvalue weighted by atomic mass is 9.84. The summed E-state index contributed by atoms with van der Waals surface area (Å²) in [6.07, 6.45) is 7.88. The van der Waals surface area contributed by atoms with Gasteiger partial charge in [-0.2, -0.15) is 0 Å². The molecule has 2 aromatic rings. The Kier molecular flexibility index (Phi) is 4.37. The van der Waals surface area contributed by atoms with E-state index in [9.17, 15) is 0 Å². The van der Waals surface area contributed by atoms with Crippen LogP contribution in [0.4, 0.5) is 0 Å². The molecular formula is C18H21ClN2O. The molecule has 0 aliphatic carbocycles. The van der Waals surface area contributed by atoms with Gasteiger partial charge in [0.05, 0.1) is 7.11 Å². The van der Waals surface area contributed by atoms with Crippen LogP contribution in [0.25, 0.3) is 11.1 Å². The van der Waals surface area contributed by atoms with Crippen LogP contribution >= 0.6 is 12.4 Å². The molecule has 2 aliphatic rings. The highest BCUT2D eigenvalue weighted by molar-refractivity contribution is 5.85. The fourth-order valence-electron chi connectivity index (χ4n) is 3.81. The van der Waals surface area contributed by atoms with Crippen LogP contribution in [0, 0.1) is 0 Å². The Balaban J connectivity index is 0.00000144. The summed E-state index contributed by atoms with van der Waals surface area (Å²) in [7, 11) is 1.70. The Morgan fingerprint density at radius 2 is 2.05 bits per heavy atom. The summed E-state index contributed by atoms with van der Waals surface area (Å²) in [5, 5.41) is 3.71. The van der Waals surface area contributed by atoms with Crippen LogP contribution in [0.5, 0.6) is 5.75 Å². The van der Waals surface area contributed by atoms with Crippen LogP contribution in [0.15, 0.2) is 42.7 Å². The molecule has 0 amide bonds. The number of ether oxygens (including phenoxy) is 1. The molecule has 2 aliphatic heterocycles. The van der Waals surface area contributed by atoms with Crippen molar-refractivity contribution in [1.82, 2.24) is 10.3 Å². The minimum absolute atomic E-state index is 0. The van der Waals surface area contributed by atoms with Crippen molar-refractivity contribution in [3.63, 3.8) is 0 Å². The van der Waals surface area contributed by atoms with Crippen molar-refractivity contribution in [2.75, 3.05) is 7.11 Å². The van der Waals surface area contributed by atoms with Crippen molar-refractivity contribution in [2.45, 2.75) is 37.3 Å². The normalized spacial score (nSPS) is 25.8. The lowest BCUT2D eigenvalue weighted by Crippen LogP contribution is -2.21. The lowest BCUT2D eigenvalue weighted by Gasteiger charge is -2.20. The van der Waals surface area contributed by atoms with Crippen LogP contribution in [-0.4, -0.2) is 24.2 Å². The summed E-state index contributed by atoms with van der Waals surface area (Å²) < 4.78 is 5.32. The second kappa shape index (κ2) is 6.27. The van der Waals surface area contributed by atoms with E-state index in [-0.39, 0.29) is 12.4 Å². The maximum Gasteiger partial charge on any atom is 0.119 e. The van der Waals surface area contributed by atoms with Crippen molar-refractivity contribution in [3.05, 3.63) is 48.3 Å². The zero-order valence-electron chi connectivity index (χ0n) is 12.7. The van der Waals surface area contributed by atoms with Crippen LogP contribution in [0.3, 0.4) is 0 Å². The highest BCUT2D eigenvalue weighted by Gasteiger charge is 2.39. The van der Waals surface area contributed by atoms with E-state index in [1.165, 1.54) is 36.0 Å². The molecule has 2 fully saturated rings. The topological polar surface area (TPSA) is 34.1 Å². The summed E-state index contributed by atoms with van der Waals surface area (Å²) in [6, 6.07) is 11.9. The summed E-state index contributed by atoms with van der Waals surface area (Å²) in [6.45, 7) is 0. The SMILES string of the molecule is COc1cccc(-c2cncc(C3CC4CCC3N4)c2)c1.Cl. The van der Waals surface area contributed by atoms with Crippen LogP contribution in [0.1, 0.15) is 30.7 Å². The largest absolute Gasteiger partial charge is 0.497 e. The first kappa shape index (κ1) is 15.3. The molecule has 4 heteroatoms. The number of pyridine rings is 1. The Bertz CT molecular complexity index is 661. The number of aromatic nitrogens is 1. The number of nitrogens with one attached hydrogen (secondary N) is 1. The first-order valence-corrected chi connectivity index (χ1v) is 7.69. The van der Waals surface area contributed by atoms with E-state index >= 15 is 0 Å². The minimum atomic E-state index is 0. The van der Waals surface area contributed by atoms with Gasteiger partial charge in [-0.15, -0.1) is 12.4 Å².